The van der Waals surface area contributed by atoms with Crippen LogP contribution in [0.3, 0.4) is 0 Å². The van der Waals surface area contributed by atoms with Crippen molar-refractivity contribution in [1.29, 1.82) is 0 Å². The Balaban J connectivity index is 1.82. The number of esters is 1. The molecule has 0 spiro atoms. The van der Waals surface area contributed by atoms with Crippen molar-refractivity contribution in [2.24, 2.45) is 0 Å². The number of benzene rings is 1. The summed E-state index contributed by atoms with van der Waals surface area (Å²) in [6, 6.07) is 7.49. The van der Waals surface area contributed by atoms with Crippen molar-refractivity contribution in [2.45, 2.75) is 19.3 Å². The molecule has 1 aromatic heterocycles. The third kappa shape index (κ3) is 5.37. The van der Waals surface area contributed by atoms with Crippen molar-refractivity contribution in [1.82, 2.24) is 10.3 Å². The normalized spacial score (nSPS) is 10.3. The van der Waals surface area contributed by atoms with Gasteiger partial charge in [-0.25, -0.2) is 4.98 Å². The molecular weight excluding hydrogens is 314 g/mol. The van der Waals surface area contributed by atoms with Crippen molar-refractivity contribution in [2.75, 3.05) is 19.4 Å². The highest BCUT2D eigenvalue weighted by atomic mass is 32.1. The lowest BCUT2D eigenvalue weighted by Gasteiger charge is -2.03. The van der Waals surface area contributed by atoms with Crippen LogP contribution in [0.2, 0.25) is 0 Å². The molecule has 1 aromatic carbocycles. The number of ether oxygens (including phenoxy) is 1. The monoisotopic (exact) mass is 333 g/mol. The number of nitrogen functional groups attached to an aromatic ring is 1. The first-order valence-corrected chi connectivity index (χ1v) is 8.10. The van der Waals surface area contributed by atoms with E-state index in [4.69, 9.17) is 5.73 Å². The maximum atomic E-state index is 11.8. The fraction of sp³-hybridized carbons (Fsp3) is 0.312. The molecule has 6 nitrogen and oxygen atoms in total. The molecule has 2 rings (SSSR count). The number of carbonyl (C=O) groups is 2. The summed E-state index contributed by atoms with van der Waals surface area (Å²) in [7, 11) is 1.35. The van der Waals surface area contributed by atoms with E-state index in [-0.39, 0.29) is 18.3 Å². The number of nitrogens with zero attached hydrogens (tertiary/aromatic N) is 1. The van der Waals surface area contributed by atoms with E-state index < -0.39 is 0 Å². The Kier molecular flexibility index (Phi) is 6.10. The number of carbonyl (C=O) groups excluding carboxylic acids is 2. The molecule has 23 heavy (non-hydrogen) atoms. The molecule has 3 N–H and O–H groups in total. The van der Waals surface area contributed by atoms with Crippen molar-refractivity contribution in [3.63, 3.8) is 0 Å². The van der Waals surface area contributed by atoms with Crippen LogP contribution in [0.4, 0.5) is 5.69 Å². The first-order valence-electron chi connectivity index (χ1n) is 7.22. The van der Waals surface area contributed by atoms with Crippen LogP contribution < -0.4 is 11.1 Å². The lowest BCUT2D eigenvalue weighted by atomic mass is 10.2. The van der Waals surface area contributed by atoms with Crippen LogP contribution in [-0.2, 0) is 20.7 Å². The third-order valence-corrected chi connectivity index (χ3v) is 4.07. The Hall–Kier alpha value is -2.41. The van der Waals surface area contributed by atoms with Gasteiger partial charge in [-0.3, -0.25) is 9.59 Å². The van der Waals surface area contributed by atoms with E-state index in [0.717, 1.165) is 16.3 Å². The average Bonchev–Trinajstić information content (AvgIpc) is 2.99. The molecule has 0 unspecified atom stereocenters. The van der Waals surface area contributed by atoms with Gasteiger partial charge in [-0.1, -0.05) is 12.1 Å². The molecule has 7 heteroatoms. The number of hydrogen-bond donors (Lipinski definition) is 2. The highest BCUT2D eigenvalue weighted by Gasteiger charge is 2.09. The molecule has 1 heterocycles. The number of nitrogens with one attached hydrogen (secondary N) is 1. The lowest BCUT2D eigenvalue weighted by Crippen LogP contribution is -2.26. The van der Waals surface area contributed by atoms with Gasteiger partial charge in [-0.05, 0) is 18.6 Å². The third-order valence-electron chi connectivity index (χ3n) is 3.13. The van der Waals surface area contributed by atoms with E-state index in [2.05, 4.69) is 15.0 Å². The standard InChI is InChI=1S/C16H19N3O3S/c1-22-15(21)6-3-7-18-14(20)9-13-10-23-16(19-13)11-4-2-5-12(17)8-11/h2,4-5,8,10H,3,6-7,9,17H2,1H3,(H,18,20). The van der Waals surface area contributed by atoms with Crippen LogP contribution in [0.5, 0.6) is 0 Å². The van der Waals surface area contributed by atoms with Gasteiger partial charge in [0, 0.05) is 29.6 Å². The number of methoxy groups -OCH3 is 1. The van der Waals surface area contributed by atoms with Crippen molar-refractivity contribution in [3.8, 4) is 10.6 Å². The molecule has 0 radical (unpaired) electrons. The largest absolute Gasteiger partial charge is 0.469 e. The zero-order valence-corrected chi connectivity index (χ0v) is 13.7. The lowest BCUT2D eigenvalue weighted by molar-refractivity contribution is -0.140. The smallest absolute Gasteiger partial charge is 0.305 e. The van der Waals surface area contributed by atoms with Gasteiger partial charge in [0.15, 0.2) is 0 Å². The SMILES string of the molecule is COC(=O)CCCNC(=O)Cc1csc(-c2cccc(N)c2)n1. The van der Waals surface area contributed by atoms with Gasteiger partial charge in [-0.2, -0.15) is 0 Å². The predicted octanol–water partition coefficient (Wildman–Crippen LogP) is 2.00. The Morgan fingerprint density at radius 2 is 2.22 bits per heavy atom. The van der Waals surface area contributed by atoms with Gasteiger partial charge >= 0.3 is 5.97 Å². The second kappa shape index (κ2) is 8.28. The van der Waals surface area contributed by atoms with E-state index in [9.17, 15) is 9.59 Å². The number of amides is 1. The molecule has 1 amide bonds. The number of thiazole rings is 1. The summed E-state index contributed by atoms with van der Waals surface area (Å²) in [4.78, 5) is 27.3. The van der Waals surface area contributed by atoms with Gasteiger partial charge in [0.25, 0.3) is 0 Å². The van der Waals surface area contributed by atoms with Crippen LogP contribution in [0.25, 0.3) is 10.6 Å². The van der Waals surface area contributed by atoms with E-state index >= 15 is 0 Å². The maximum Gasteiger partial charge on any atom is 0.305 e. The number of rotatable bonds is 7. The predicted molar refractivity (Wildman–Crippen MR) is 89.9 cm³/mol. The molecule has 122 valence electrons. The van der Waals surface area contributed by atoms with Gasteiger partial charge in [0.1, 0.15) is 5.01 Å². The number of nitrogens with two attached hydrogens (primary N) is 1. The summed E-state index contributed by atoms with van der Waals surface area (Å²) >= 11 is 1.48. The minimum Gasteiger partial charge on any atom is -0.469 e. The van der Waals surface area contributed by atoms with Crippen LogP contribution in [0.15, 0.2) is 29.6 Å². The Labute approximate surface area is 138 Å². The minimum absolute atomic E-state index is 0.112. The fourth-order valence-electron chi connectivity index (χ4n) is 1.98. The summed E-state index contributed by atoms with van der Waals surface area (Å²) in [5.41, 5.74) is 8.11. The molecule has 0 aliphatic carbocycles. The van der Waals surface area contributed by atoms with Crippen molar-refractivity contribution >= 4 is 28.9 Å². The van der Waals surface area contributed by atoms with E-state index in [1.807, 2.05) is 29.6 Å². The van der Waals surface area contributed by atoms with Gasteiger partial charge in [0.05, 0.1) is 19.2 Å². The summed E-state index contributed by atoms with van der Waals surface area (Å²) in [6.45, 7) is 0.445. The van der Waals surface area contributed by atoms with Crippen LogP contribution >= 0.6 is 11.3 Å². The van der Waals surface area contributed by atoms with Gasteiger partial charge in [-0.15, -0.1) is 11.3 Å². The first-order chi connectivity index (χ1) is 11.1. The molecule has 0 aliphatic rings. The molecule has 2 aromatic rings. The zero-order chi connectivity index (χ0) is 16.7. The second-order valence-corrected chi connectivity index (χ2v) is 5.83. The fourth-order valence-corrected chi connectivity index (χ4v) is 2.80. The zero-order valence-electron chi connectivity index (χ0n) is 12.9. The maximum absolute atomic E-state index is 11.8. The summed E-state index contributed by atoms with van der Waals surface area (Å²) in [5.74, 6) is -0.384. The van der Waals surface area contributed by atoms with Gasteiger partial charge in [0.2, 0.25) is 5.91 Å². The molecule has 0 fully saturated rings. The number of hydrogen-bond acceptors (Lipinski definition) is 6. The summed E-state index contributed by atoms with van der Waals surface area (Å²) in [5, 5.41) is 5.47. The Morgan fingerprint density at radius 3 is 2.96 bits per heavy atom. The number of aromatic nitrogens is 1. The molecule has 0 atom stereocenters. The molecule has 0 saturated carbocycles. The van der Waals surface area contributed by atoms with Crippen molar-refractivity contribution in [3.05, 3.63) is 35.3 Å². The summed E-state index contributed by atoms with van der Waals surface area (Å²) < 4.78 is 4.54. The van der Waals surface area contributed by atoms with Crippen LogP contribution in [0, 0.1) is 0 Å². The van der Waals surface area contributed by atoms with Crippen LogP contribution in [-0.4, -0.2) is 30.5 Å². The Bertz CT molecular complexity index is 685. The second-order valence-electron chi connectivity index (χ2n) is 4.98. The average molecular weight is 333 g/mol. The molecule has 0 bridgehead atoms. The topological polar surface area (TPSA) is 94.3 Å². The molecule has 0 aliphatic heterocycles. The van der Waals surface area contributed by atoms with Gasteiger partial charge < -0.3 is 15.8 Å². The summed E-state index contributed by atoms with van der Waals surface area (Å²) in [6.07, 6.45) is 1.08. The number of anilines is 1. The highest BCUT2D eigenvalue weighted by molar-refractivity contribution is 7.13. The Morgan fingerprint density at radius 1 is 1.39 bits per heavy atom. The van der Waals surface area contributed by atoms with E-state index in [0.29, 0.717) is 25.1 Å². The van der Waals surface area contributed by atoms with Crippen LogP contribution in [0.1, 0.15) is 18.5 Å². The van der Waals surface area contributed by atoms with Crippen molar-refractivity contribution < 1.29 is 14.3 Å². The molecule has 0 saturated heterocycles. The molecular formula is C16H19N3O3S. The first kappa shape index (κ1) is 17.0. The minimum atomic E-state index is -0.273. The van der Waals surface area contributed by atoms with E-state index in [1.54, 1.807) is 0 Å². The highest BCUT2D eigenvalue weighted by Crippen LogP contribution is 2.25. The van der Waals surface area contributed by atoms with E-state index in [1.165, 1.54) is 18.4 Å². The quantitative estimate of drug-likeness (QED) is 0.459.